The number of rotatable bonds is 4. The first-order valence-corrected chi connectivity index (χ1v) is 10.1. The van der Waals surface area contributed by atoms with Crippen LogP contribution in [0.4, 0.5) is 0 Å². The molecule has 4 nitrogen and oxygen atoms in total. The highest BCUT2D eigenvalue weighted by atomic mass is 32.2. The van der Waals surface area contributed by atoms with E-state index in [0.717, 1.165) is 51.0 Å². The van der Waals surface area contributed by atoms with Gasteiger partial charge >= 0.3 is 0 Å². The molecule has 5 heteroatoms. The van der Waals surface area contributed by atoms with Crippen molar-refractivity contribution in [1.29, 1.82) is 0 Å². The van der Waals surface area contributed by atoms with Crippen molar-refractivity contribution in [3.63, 3.8) is 0 Å². The fourth-order valence-electron chi connectivity index (χ4n) is 3.76. The summed E-state index contributed by atoms with van der Waals surface area (Å²) in [7, 11) is -2.98. The van der Waals surface area contributed by atoms with Crippen LogP contribution in [-0.2, 0) is 9.84 Å². The van der Waals surface area contributed by atoms with Gasteiger partial charge in [0.1, 0.15) is 5.75 Å². The zero-order valence-corrected chi connectivity index (χ0v) is 13.9. The number of para-hydroxylation sites is 1. The minimum Gasteiger partial charge on any atom is -0.493 e. The third kappa shape index (κ3) is 3.46. The Morgan fingerprint density at radius 1 is 1.18 bits per heavy atom. The van der Waals surface area contributed by atoms with E-state index < -0.39 is 9.84 Å². The van der Waals surface area contributed by atoms with Crippen molar-refractivity contribution in [3.05, 3.63) is 29.8 Å². The molecule has 3 rings (SSSR count). The van der Waals surface area contributed by atoms with Crippen LogP contribution in [-0.4, -0.2) is 39.1 Å². The minimum absolute atomic E-state index is 0.0961. The van der Waals surface area contributed by atoms with Gasteiger partial charge in [-0.2, -0.15) is 0 Å². The number of hydrogen-bond donors (Lipinski definition) is 1. The highest BCUT2D eigenvalue weighted by Gasteiger charge is 2.33. The Morgan fingerprint density at radius 3 is 2.77 bits per heavy atom. The molecule has 0 saturated heterocycles. The van der Waals surface area contributed by atoms with Crippen LogP contribution >= 0.6 is 0 Å². The second-order valence-electron chi connectivity index (χ2n) is 6.54. The highest BCUT2D eigenvalue weighted by molar-refractivity contribution is 7.91. The average molecular weight is 323 g/mol. The molecule has 1 N–H and O–H groups in total. The lowest BCUT2D eigenvalue weighted by Crippen LogP contribution is -2.47. The van der Waals surface area contributed by atoms with Gasteiger partial charge in [0, 0.05) is 24.8 Å². The minimum atomic E-state index is -2.98. The zero-order valence-electron chi connectivity index (χ0n) is 13.1. The maximum Gasteiger partial charge on any atom is 0.151 e. The van der Waals surface area contributed by atoms with E-state index in [2.05, 4.69) is 11.4 Å². The molecular formula is C17H25NO3S. The second kappa shape index (κ2) is 6.59. The molecule has 1 aliphatic heterocycles. The first kappa shape index (κ1) is 15.8. The molecule has 1 saturated carbocycles. The number of benzene rings is 1. The van der Waals surface area contributed by atoms with E-state index in [4.69, 9.17) is 4.74 Å². The van der Waals surface area contributed by atoms with Crippen molar-refractivity contribution >= 4 is 9.84 Å². The summed E-state index contributed by atoms with van der Waals surface area (Å²) in [5.74, 6) is 1.39. The van der Waals surface area contributed by atoms with Crippen molar-refractivity contribution < 1.29 is 13.2 Å². The van der Waals surface area contributed by atoms with Gasteiger partial charge in [-0.15, -0.1) is 0 Å². The van der Waals surface area contributed by atoms with Crippen LogP contribution in [0.3, 0.4) is 0 Å². The molecule has 0 spiro atoms. The predicted molar refractivity (Wildman–Crippen MR) is 88.2 cm³/mol. The van der Waals surface area contributed by atoms with E-state index in [1.165, 1.54) is 11.8 Å². The van der Waals surface area contributed by atoms with Crippen molar-refractivity contribution in [2.24, 2.45) is 0 Å². The van der Waals surface area contributed by atoms with Crippen molar-refractivity contribution in [2.45, 2.75) is 49.3 Å². The molecular weight excluding hydrogens is 298 g/mol. The van der Waals surface area contributed by atoms with Gasteiger partial charge in [-0.1, -0.05) is 31.0 Å². The average Bonchev–Trinajstić information content (AvgIpc) is 2.52. The normalized spacial score (nSPS) is 28.7. The molecule has 0 bridgehead atoms. The Labute approximate surface area is 133 Å². The largest absolute Gasteiger partial charge is 0.493 e. The molecule has 0 unspecified atom stereocenters. The molecule has 2 aliphatic rings. The molecule has 0 radical (unpaired) electrons. The molecule has 0 amide bonds. The maximum absolute atomic E-state index is 12.0. The molecule has 22 heavy (non-hydrogen) atoms. The SMILES string of the molecule is CS(=O)(=O)[C@@H]1CCCC[C@@H]1NC[C@@H]1CCOc2ccccc21. The number of sulfone groups is 1. The van der Waals surface area contributed by atoms with E-state index in [1.54, 1.807) is 0 Å². The lowest BCUT2D eigenvalue weighted by Gasteiger charge is -2.33. The van der Waals surface area contributed by atoms with Crippen molar-refractivity contribution in [1.82, 2.24) is 5.32 Å². The standard InChI is InChI=1S/C17H25NO3S/c1-22(19,20)17-9-5-3-7-15(17)18-12-13-10-11-21-16-8-4-2-6-14(13)16/h2,4,6,8,13,15,17-18H,3,5,7,9-12H2,1H3/t13-,15-,17+/m0/s1. The van der Waals surface area contributed by atoms with Crippen molar-refractivity contribution in [2.75, 3.05) is 19.4 Å². The number of hydrogen-bond acceptors (Lipinski definition) is 4. The molecule has 3 atom stereocenters. The van der Waals surface area contributed by atoms with E-state index >= 15 is 0 Å². The Kier molecular flexibility index (Phi) is 4.73. The van der Waals surface area contributed by atoms with Crippen LogP contribution in [0, 0.1) is 0 Å². The maximum atomic E-state index is 12.0. The molecule has 1 aromatic rings. The topological polar surface area (TPSA) is 55.4 Å². The lowest BCUT2D eigenvalue weighted by atomic mass is 9.91. The van der Waals surface area contributed by atoms with E-state index in [-0.39, 0.29) is 11.3 Å². The van der Waals surface area contributed by atoms with Gasteiger partial charge in [0.05, 0.1) is 11.9 Å². The second-order valence-corrected chi connectivity index (χ2v) is 8.80. The van der Waals surface area contributed by atoms with Crippen molar-refractivity contribution in [3.8, 4) is 5.75 Å². The Bertz CT molecular complexity index is 614. The summed E-state index contributed by atoms with van der Waals surface area (Å²) in [5.41, 5.74) is 1.24. The fraction of sp³-hybridized carbons (Fsp3) is 0.647. The van der Waals surface area contributed by atoms with Gasteiger partial charge in [0.25, 0.3) is 0 Å². The van der Waals surface area contributed by atoms with E-state index in [0.29, 0.717) is 5.92 Å². The predicted octanol–water partition coefficient (Wildman–Crippen LogP) is 2.50. The van der Waals surface area contributed by atoms with Crippen LogP contribution in [0.5, 0.6) is 5.75 Å². The van der Waals surface area contributed by atoms with Crippen LogP contribution in [0.25, 0.3) is 0 Å². The molecule has 1 aliphatic carbocycles. The van der Waals surface area contributed by atoms with Gasteiger partial charge in [0.2, 0.25) is 0 Å². The number of nitrogens with one attached hydrogen (secondary N) is 1. The lowest BCUT2D eigenvalue weighted by molar-refractivity contribution is 0.258. The summed E-state index contributed by atoms with van der Waals surface area (Å²) in [4.78, 5) is 0. The summed E-state index contributed by atoms with van der Waals surface area (Å²) in [6.45, 7) is 1.57. The number of ether oxygens (including phenoxy) is 1. The van der Waals surface area contributed by atoms with Gasteiger partial charge < -0.3 is 10.1 Å². The summed E-state index contributed by atoms with van der Waals surface area (Å²) >= 11 is 0. The quantitative estimate of drug-likeness (QED) is 0.925. The third-order valence-corrected chi connectivity index (χ3v) is 6.63. The Morgan fingerprint density at radius 2 is 1.95 bits per heavy atom. The Hall–Kier alpha value is -1.07. The summed E-state index contributed by atoms with van der Waals surface area (Å²) in [6.07, 6.45) is 6.26. The molecule has 1 fully saturated rings. The number of fused-ring (bicyclic) bond motifs is 1. The monoisotopic (exact) mass is 323 g/mol. The van der Waals surface area contributed by atoms with Gasteiger partial charge in [0.15, 0.2) is 9.84 Å². The molecule has 0 aromatic heterocycles. The van der Waals surface area contributed by atoms with E-state index in [1.807, 2.05) is 18.2 Å². The van der Waals surface area contributed by atoms with Gasteiger partial charge in [-0.3, -0.25) is 0 Å². The molecule has 122 valence electrons. The smallest absolute Gasteiger partial charge is 0.151 e. The van der Waals surface area contributed by atoms with Crippen LogP contribution in [0.15, 0.2) is 24.3 Å². The Balaban J connectivity index is 1.67. The van der Waals surface area contributed by atoms with Gasteiger partial charge in [-0.25, -0.2) is 8.42 Å². The molecule has 1 aromatic carbocycles. The summed E-state index contributed by atoms with van der Waals surface area (Å²) < 4.78 is 29.7. The molecule has 1 heterocycles. The first-order valence-electron chi connectivity index (χ1n) is 8.19. The van der Waals surface area contributed by atoms with Crippen LogP contribution < -0.4 is 10.1 Å². The highest BCUT2D eigenvalue weighted by Crippen LogP contribution is 2.33. The van der Waals surface area contributed by atoms with Gasteiger partial charge in [-0.05, 0) is 30.9 Å². The zero-order chi connectivity index (χ0) is 15.6. The third-order valence-electron chi connectivity index (χ3n) is 4.96. The summed E-state index contributed by atoms with van der Waals surface area (Å²) in [5, 5.41) is 3.33. The van der Waals surface area contributed by atoms with E-state index in [9.17, 15) is 8.42 Å². The van der Waals surface area contributed by atoms with Crippen LogP contribution in [0.1, 0.15) is 43.6 Å². The first-order chi connectivity index (χ1) is 10.6. The van der Waals surface area contributed by atoms with Crippen LogP contribution in [0.2, 0.25) is 0 Å². The fourth-order valence-corrected chi connectivity index (χ4v) is 5.19. The summed E-state index contributed by atoms with van der Waals surface area (Å²) in [6, 6.07) is 8.27.